The van der Waals surface area contributed by atoms with Crippen LogP contribution in [-0.2, 0) is 24.1 Å². The van der Waals surface area contributed by atoms with Gasteiger partial charge in [-0.1, -0.05) is 23.9 Å². The van der Waals surface area contributed by atoms with Crippen LogP contribution in [0.4, 0.5) is 0 Å². The molecule has 0 atom stereocenters. The molecule has 8 heteroatoms. The molecule has 0 bridgehead atoms. The number of hydrogen-bond acceptors (Lipinski definition) is 6. The summed E-state index contributed by atoms with van der Waals surface area (Å²) < 4.78 is 1.89. The van der Waals surface area contributed by atoms with Crippen LogP contribution < -0.4 is 5.32 Å². The number of thioether (sulfide) groups is 1. The zero-order valence-corrected chi connectivity index (χ0v) is 15.3. The van der Waals surface area contributed by atoms with E-state index >= 15 is 0 Å². The first-order chi connectivity index (χ1) is 12.2. The van der Waals surface area contributed by atoms with E-state index < -0.39 is 0 Å². The number of nitrogens with one attached hydrogen (secondary N) is 1. The van der Waals surface area contributed by atoms with Crippen molar-refractivity contribution in [1.29, 1.82) is 0 Å². The minimum atomic E-state index is -0.154. The molecule has 25 heavy (non-hydrogen) atoms. The molecule has 3 heterocycles. The maximum atomic E-state index is 11.9. The van der Waals surface area contributed by atoms with Crippen LogP contribution in [0.25, 0.3) is 6.08 Å². The Morgan fingerprint density at radius 3 is 3.00 bits per heavy atom. The van der Waals surface area contributed by atoms with Gasteiger partial charge in [-0.25, -0.2) is 0 Å². The van der Waals surface area contributed by atoms with Crippen LogP contribution in [0, 0.1) is 0 Å². The Morgan fingerprint density at radius 2 is 2.24 bits per heavy atom. The first kappa shape index (κ1) is 17.4. The molecule has 0 aliphatic heterocycles. The van der Waals surface area contributed by atoms with E-state index in [9.17, 15) is 4.79 Å². The van der Waals surface area contributed by atoms with Gasteiger partial charge in [0.2, 0.25) is 5.91 Å². The second kappa shape index (κ2) is 8.59. The summed E-state index contributed by atoms with van der Waals surface area (Å²) in [4.78, 5) is 17.2. The zero-order valence-electron chi connectivity index (χ0n) is 13.6. The molecule has 3 aromatic rings. The lowest BCUT2D eigenvalue weighted by Crippen LogP contribution is -2.22. The lowest BCUT2D eigenvalue weighted by atomic mass is 10.4. The number of amides is 1. The van der Waals surface area contributed by atoms with E-state index in [1.165, 1.54) is 6.08 Å². The summed E-state index contributed by atoms with van der Waals surface area (Å²) >= 11 is 3.15. The molecule has 1 N–H and O–H groups in total. The molecular formula is C17H17N5OS2. The quantitative estimate of drug-likeness (QED) is 0.511. The third-order valence-corrected chi connectivity index (χ3v) is 5.25. The van der Waals surface area contributed by atoms with Crippen molar-refractivity contribution in [2.45, 2.75) is 17.5 Å². The third-order valence-electron chi connectivity index (χ3n) is 3.36. The number of aromatic nitrogens is 4. The number of pyridine rings is 1. The van der Waals surface area contributed by atoms with Crippen molar-refractivity contribution in [3.63, 3.8) is 0 Å². The minimum Gasteiger partial charge on any atom is -0.345 e. The highest BCUT2D eigenvalue weighted by Gasteiger charge is 2.10. The molecule has 3 rings (SSSR count). The summed E-state index contributed by atoms with van der Waals surface area (Å²) in [6.45, 7) is 0.335. The van der Waals surface area contributed by atoms with Crippen LogP contribution in [0.1, 0.15) is 16.4 Å². The van der Waals surface area contributed by atoms with Gasteiger partial charge in [0.05, 0.1) is 12.2 Å². The zero-order chi connectivity index (χ0) is 17.5. The number of hydrogen-bond donors (Lipinski definition) is 1. The van der Waals surface area contributed by atoms with Gasteiger partial charge in [-0.2, -0.15) is 0 Å². The van der Waals surface area contributed by atoms with Crippen LogP contribution >= 0.6 is 23.1 Å². The molecule has 0 aliphatic carbocycles. The molecule has 3 aromatic heterocycles. The molecular weight excluding hydrogens is 354 g/mol. The Morgan fingerprint density at radius 1 is 1.32 bits per heavy atom. The summed E-state index contributed by atoms with van der Waals surface area (Å²) in [5, 5.41) is 13.9. The van der Waals surface area contributed by atoms with E-state index in [2.05, 4.69) is 20.5 Å². The van der Waals surface area contributed by atoms with Crippen LogP contribution in [-0.4, -0.2) is 25.7 Å². The molecule has 0 saturated carbocycles. The molecule has 1 amide bonds. The van der Waals surface area contributed by atoms with Crippen molar-refractivity contribution >= 4 is 35.1 Å². The minimum absolute atomic E-state index is 0.154. The van der Waals surface area contributed by atoms with Gasteiger partial charge in [0.25, 0.3) is 0 Å². The lowest BCUT2D eigenvalue weighted by Gasteiger charge is -2.04. The fourth-order valence-electron chi connectivity index (χ4n) is 2.02. The van der Waals surface area contributed by atoms with Gasteiger partial charge in [0.1, 0.15) is 0 Å². The van der Waals surface area contributed by atoms with Crippen LogP contribution in [0.3, 0.4) is 0 Å². The Bertz CT molecular complexity index is 843. The molecule has 6 nitrogen and oxygen atoms in total. The monoisotopic (exact) mass is 371 g/mol. The summed E-state index contributed by atoms with van der Waals surface area (Å²) in [6, 6.07) is 9.74. The van der Waals surface area contributed by atoms with E-state index in [1.54, 1.807) is 35.4 Å². The van der Waals surface area contributed by atoms with Crippen molar-refractivity contribution in [2.75, 3.05) is 0 Å². The highest BCUT2D eigenvalue weighted by molar-refractivity contribution is 7.98. The Labute approximate surface area is 154 Å². The van der Waals surface area contributed by atoms with Crippen LogP contribution in [0.5, 0.6) is 0 Å². The molecule has 0 aliphatic rings. The van der Waals surface area contributed by atoms with Crippen molar-refractivity contribution < 1.29 is 4.79 Å². The predicted octanol–water partition coefficient (Wildman–Crippen LogP) is 2.89. The molecule has 0 saturated heterocycles. The second-order valence-corrected chi connectivity index (χ2v) is 7.06. The Hall–Kier alpha value is -2.45. The number of carbonyl (C=O) groups excluding carboxylic acids is 1. The van der Waals surface area contributed by atoms with E-state index in [0.29, 0.717) is 12.4 Å². The fraction of sp³-hybridized carbons (Fsp3) is 0.176. The molecule has 0 aromatic carbocycles. The van der Waals surface area contributed by atoms with Crippen LogP contribution in [0.15, 0.2) is 53.1 Å². The van der Waals surface area contributed by atoms with Gasteiger partial charge < -0.3 is 9.88 Å². The van der Waals surface area contributed by atoms with E-state index in [0.717, 1.165) is 21.5 Å². The molecule has 0 unspecified atom stereocenters. The van der Waals surface area contributed by atoms with Gasteiger partial charge >= 0.3 is 0 Å². The van der Waals surface area contributed by atoms with Crippen molar-refractivity contribution in [3.05, 3.63) is 64.4 Å². The molecule has 0 spiro atoms. The largest absolute Gasteiger partial charge is 0.345 e. The highest BCUT2D eigenvalue weighted by atomic mass is 32.2. The smallest absolute Gasteiger partial charge is 0.244 e. The number of carbonyl (C=O) groups is 1. The predicted molar refractivity (Wildman–Crippen MR) is 100 cm³/mol. The maximum absolute atomic E-state index is 11.9. The molecule has 0 fully saturated rings. The summed E-state index contributed by atoms with van der Waals surface area (Å²) in [5.74, 6) is 1.28. The van der Waals surface area contributed by atoms with Crippen molar-refractivity contribution in [3.8, 4) is 0 Å². The third kappa shape index (κ3) is 5.01. The van der Waals surface area contributed by atoms with Gasteiger partial charge in [0.15, 0.2) is 11.0 Å². The average Bonchev–Trinajstić information content (AvgIpc) is 3.27. The average molecular weight is 371 g/mol. The van der Waals surface area contributed by atoms with Crippen molar-refractivity contribution in [2.24, 2.45) is 7.05 Å². The Kier molecular flexibility index (Phi) is 5.97. The molecule has 0 radical (unpaired) electrons. The first-order valence-corrected chi connectivity index (χ1v) is 9.49. The topological polar surface area (TPSA) is 72.7 Å². The standard InChI is InChI=1S/C17H17N5OS2/c1-22-15(11-19-16(23)8-7-14-6-4-10-24-14)20-21-17(22)25-12-13-5-2-3-9-18-13/h2-10H,11-12H2,1H3,(H,19,23)/b8-7+. The maximum Gasteiger partial charge on any atom is 0.244 e. The number of rotatable bonds is 7. The first-order valence-electron chi connectivity index (χ1n) is 7.63. The van der Waals surface area contributed by atoms with Gasteiger partial charge in [-0.3, -0.25) is 9.78 Å². The number of nitrogens with zero attached hydrogens (tertiary/aromatic N) is 4. The summed E-state index contributed by atoms with van der Waals surface area (Å²) in [5.41, 5.74) is 0.990. The number of thiophene rings is 1. The fourth-order valence-corrected chi connectivity index (χ4v) is 3.48. The second-order valence-electron chi connectivity index (χ2n) is 5.13. The van der Waals surface area contributed by atoms with Gasteiger partial charge in [-0.05, 0) is 29.7 Å². The molecule has 128 valence electrons. The summed E-state index contributed by atoms with van der Waals surface area (Å²) in [7, 11) is 1.89. The SMILES string of the molecule is Cn1c(CNC(=O)/C=C/c2cccs2)nnc1SCc1ccccn1. The van der Waals surface area contributed by atoms with E-state index in [-0.39, 0.29) is 5.91 Å². The van der Waals surface area contributed by atoms with Gasteiger partial charge in [-0.15, -0.1) is 21.5 Å². The summed E-state index contributed by atoms with van der Waals surface area (Å²) in [6.07, 6.45) is 5.10. The normalized spacial score (nSPS) is 11.1. The van der Waals surface area contributed by atoms with Crippen molar-refractivity contribution in [1.82, 2.24) is 25.1 Å². The van der Waals surface area contributed by atoms with Gasteiger partial charge in [0, 0.05) is 30.0 Å². The highest BCUT2D eigenvalue weighted by Crippen LogP contribution is 2.19. The van der Waals surface area contributed by atoms with E-state index in [4.69, 9.17) is 0 Å². The van der Waals surface area contributed by atoms with Crippen LogP contribution in [0.2, 0.25) is 0 Å². The van der Waals surface area contributed by atoms with E-state index in [1.807, 2.05) is 47.3 Å². The Balaban J connectivity index is 1.51. The lowest BCUT2D eigenvalue weighted by molar-refractivity contribution is -0.116.